The maximum atomic E-state index is 5.96. The Kier molecular flexibility index (Phi) is 5.14. The van der Waals surface area contributed by atoms with Crippen LogP contribution in [0.1, 0.15) is 23.9 Å². The summed E-state index contributed by atoms with van der Waals surface area (Å²) in [4.78, 5) is 4.17. The van der Waals surface area contributed by atoms with Gasteiger partial charge in [0.15, 0.2) is 5.82 Å². The van der Waals surface area contributed by atoms with Gasteiger partial charge in [0.1, 0.15) is 18.7 Å². The summed E-state index contributed by atoms with van der Waals surface area (Å²) in [5.74, 6) is 1.72. The van der Waals surface area contributed by atoms with E-state index in [0.717, 1.165) is 40.3 Å². The maximum Gasteiger partial charge on any atom is 0.164 e. The first-order valence-electron chi connectivity index (χ1n) is 6.57. The van der Waals surface area contributed by atoms with Crippen LogP contribution in [0, 0.1) is 6.92 Å². The van der Waals surface area contributed by atoms with Crippen LogP contribution in [0.5, 0.6) is 5.75 Å². The van der Waals surface area contributed by atoms with Gasteiger partial charge in [-0.25, -0.2) is 4.98 Å². The lowest BCUT2D eigenvalue weighted by Gasteiger charge is -2.15. The quantitative estimate of drug-likeness (QED) is 0.879. The van der Waals surface area contributed by atoms with Crippen molar-refractivity contribution in [3.8, 4) is 5.75 Å². The molecular weight excluding hydrogens is 320 g/mol. The third kappa shape index (κ3) is 3.58. The summed E-state index contributed by atoms with van der Waals surface area (Å²) in [5, 5.41) is 7.37. The van der Waals surface area contributed by atoms with E-state index in [-0.39, 0.29) is 0 Å². The SMILES string of the molecule is CCNCc1cc(Br)cc(C)c1OCc1ncnn1C. The normalized spacial score (nSPS) is 10.8. The standard InChI is InChI=1S/C14H19BrN4O/c1-4-16-7-11-6-12(15)5-10(2)14(11)20-8-13-17-9-18-19(13)3/h5-6,9,16H,4,7-8H2,1-3H3. The number of ether oxygens (including phenoxy) is 1. The molecule has 0 aliphatic heterocycles. The van der Waals surface area contributed by atoms with E-state index >= 15 is 0 Å². The zero-order valence-corrected chi connectivity index (χ0v) is 13.6. The molecule has 6 heteroatoms. The first kappa shape index (κ1) is 15.0. The zero-order valence-electron chi connectivity index (χ0n) is 12.0. The van der Waals surface area contributed by atoms with Crippen molar-refractivity contribution in [2.45, 2.75) is 27.0 Å². The molecule has 108 valence electrons. The van der Waals surface area contributed by atoms with Gasteiger partial charge in [-0.05, 0) is 31.2 Å². The lowest BCUT2D eigenvalue weighted by Crippen LogP contribution is -2.14. The van der Waals surface area contributed by atoms with Crippen molar-refractivity contribution >= 4 is 15.9 Å². The monoisotopic (exact) mass is 338 g/mol. The van der Waals surface area contributed by atoms with Crippen LogP contribution >= 0.6 is 15.9 Å². The van der Waals surface area contributed by atoms with Crippen molar-refractivity contribution < 1.29 is 4.74 Å². The van der Waals surface area contributed by atoms with Crippen LogP contribution in [0.4, 0.5) is 0 Å². The van der Waals surface area contributed by atoms with Gasteiger partial charge in [0.2, 0.25) is 0 Å². The molecule has 0 saturated carbocycles. The fourth-order valence-electron chi connectivity index (χ4n) is 1.98. The third-order valence-corrected chi connectivity index (χ3v) is 3.49. The van der Waals surface area contributed by atoms with E-state index in [2.05, 4.69) is 50.4 Å². The molecule has 0 atom stereocenters. The van der Waals surface area contributed by atoms with E-state index in [9.17, 15) is 0 Å². The first-order chi connectivity index (χ1) is 9.61. The van der Waals surface area contributed by atoms with E-state index in [1.807, 2.05) is 14.0 Å². The molecule has 0 spiro atoms. The van der Waals surface area contributed by atoms with Crippen molar-refractivity contribution in [2.24, 2.45) is 7.05 Å². The molecule has 1 heterocycles. The van der Waals surface area contributed by atoms with Crippen LogP contribution < -0.4 is 10.1 Å². The van der Waals surface area contributed by atoms with E-state index in [0.29, 0.717) is 6.61 Å². The highest BCUT2D eigenvalue weighted by atomic mass is 79.9. The fourth-order valence-corrected chi connectivity index (χ4v) is 2.60. The minimum absolute atomic E-state index is 0.415. The number of halogens is 1. The number of aryl methyl sites for hydroxylation is 2. The molecule has 0 fully saturated rings. The van der Waals surface area contributed by atoms with Gasteiger partial charge in [-0.15, -0.1) is 0 Å². The van der Waals surface area contributed by atoms with Crippen LogP contribution in [0.25, 0.3) is 0 Å². The number of nitrogens with zero attached hydrogens (tertiary/aromatic N) is 3. The Morgan fingerprint density at radius 2 is 2.20 bits per heavy atom. The summed E-state index contributed by atoms with van der Waals surface area (Å²) in [7, 11) is 1.86. The number of rotatable bonds is 6. The summed E-state index contributed by atoms with van der Waals surface area (Å²) in [6.07, 6.45) is 1.53. The lowest BCUT2D eigenvalue weighted by atomic mass is 10.1. The fraction of sp³-hybridized carbons (Fsp3) is 0.429. The van der Waals surface area contributed by atoms with Gasteiger partial charge in [-0.2, -0.15) is 5.10 Å². The molecule has 2 rings (SSSR count). The Balaban J connectivity index is 2.18. The smallest absolute Gasteiger partial charge is 0.164 e. The molecule has 1 aromatic carbocycles. The molecule has 0 saturated heterocycles. The average Bonchev–Trinajstić information content (AvgIpc) is 2.80. The summed E-state index contributed by atoms with van der Waals surface area (Å²) >= 11 is 3.53. The number of aromatic nitrogens is 3. The lowest BCUT2D eigenvalue weighted by molar-refractivity contribution is 0.284. The number of hydrogen-bond acceptors (Lipinski definition) is 4. The van der Waals surface area contributed by atoms with Crippen molar-refractivity contribution in [2.75, 3.05) is 6.54 Å². The van der Waals surface area contributed by atoms with Gasteiger partial charge in [0.05, 0.1) is 0 Å². The topological polar surface area (TPSA) is 52.0 Å². The van der Waals surface area contributed by atoms with Gasteiger partial charge in [0, 0.05) is 23.6 Å². The largest absolute Gasteiger partial charge is 0.485 e. The summed E-state index contributed by atoms with van der Waals surface area (Å²) in [6, 6.07) is 4.14. The molecule has 1 N–H and O–H groups in total. The Hall–Kier alpha value is -1.40. The summed E-state index contributed by atoms with van der Waals surface area (Å²) < 4.78 is 8.75. The highest BCUT2D eigenvalue weighted by Gasteiger charge is 2.10. The van der Waals surface area contributed by atoms with Crippen molar-refractivity contribution in [3.05, 3.63) is 39.9 Å². The Morgan fingerprint density at radius 3 is 2.85 bits per heavy atom. The van der Waals surface area contributed by atoms with Gasteiger partial charge in [0.25, 0.3) is 0 Å². The van der Waals surface area contributed by atoms with Gasteiger partial charge in [-0.1, -0.05) is 22.9 Å². The third-order valence-electron chi connectivity index (χ3n) is 3.03. The molecular formula is C14H19BrN4O. The molecule has 1 aromatic heterocycles. The summed E-state index contributed by atoms with van der Waals surface area (Å²) in [6.45, 7) is 6.26. The maximum absolute atomic E-state index is 5.96. The second-order valence-electron chi connectivity index (χ2n) is 4.58. The van der Waals surface area contributed by atoms with Gasteiger partial charge >= 0.3 is 0 Å². The van der Waals surface area contributed by atoms with Gasteiger partial charge in [-0.3, -0.25) is 4.68 Å². The van der Waals surface area contributed by atoms with Crippen LogP contribution in [0.3, 0.4) is 0 Å². The van der Waals surface area contributed by atoms with Crippen LogP contribution in [0.15, 0.2) is 22.9 Å². The van der Waals surface area contributed by atoms with E-state index in [1.54, 1.807) is 4.68 Å². The van der Waals surface area contributed by atoms with Crippen molar-refractivity contribution in [1.82, 2.24) is 20.1 Å². The van der Waals surface area contributed by atoms with Crippen LogP contribution in [-0.4, -0.2) is 21.3 Å². The predicted molar refractivity (Wildman–Crippen MR) is 81.6 cm³/mol. The molecule has 0 aliphatic rings. The second-order valence-corrected chi connectivity index (χ2v) is 5.50. The Labute approximate surface area is 127 Å². The highest BCUT2D eigenvalue weighted by molar-refractivity contribution is 9.10. The molecule has 2 aromatic rings. The molecule has 20 heavy (non-hydrogen) atoms. The molecule has 0 amide bonds. The predicted octanol–water partition coefficient (Wildman–Crippen LogP) is 2.57. The number of nitrogens with one attached hydrogen (secondary N) is 1. The number of hydrogen-bond donors (Lipinski definition) is 1. The molecule has 0 unspecified atom stereocenters. The van der Waals surface area contributed by atoms with E-state index in [1.165, 1.54) is 6.33 Å². The minimum atomic E-state index is 0.415. The van der Waals surface area contributed by atoms with Crippen LogP contribution in [0.2, 0.25) is 0 Å². The first-order valence-corrected chi connectivity index (χ1v) is 7.36. The molecule has 5 nitrogen and oxygen atoms in total. The number of benzene rings is 1. The van der Waals surface area contributed by atoms with Crippen molar-refractivity contribution in [3.63, 3.8) is 0 Å². The Bertz CT molecular complexity index is 583. The summed E-state index contributed by atoms with van der Waals surface area (Å²) in [5.41, 5.74) is 2.25. The van der Waals surface area contributed by atoms with E-state index < -0.39 is 0 Å². The second kappa shape index (κ2) is 6.85. The Morgan fingerprint density at radius 1 is 1.40 bits per heavy atom. The van der Waals surface area contributed by atoms with E-state index in [4.69, 9.17) is 4.74 Å². The molecule has 0 aliphatic carbocycles. The minimum Gasteiger partial charge on any atom is -0.485 e. The zero-order chi connectivity index (χ0) is 14.5. The van der Waals surface area contributed by atoms with Crippen molar-refractivity contribution in [1.29, 1.82) is 0 Å². The average molecular weight is 339 g/mol. The van der Waals surface area contributed by atoms with Gasteiger partial charge < -0.3 is 10.1 Å². The molecule has 0 radical (unpaired) electrons. The van der Waals surface area contributed by atoms with Crippen LogP contribution in [-0.2, 0) is 20.2 Å². The highest BCUT2D eigenvalue weighted by Crippen LogP contribution is 2.28. The molecule has 0 bridgehead atoms.